The molecule has 0 unspecified atom stereocenters. The first-order valence-electron chi connectivity index (χ1n) is 20.0. The molecule has 4 aromatic heterocycles. The van der Waals surface area contributed by atoms with Gasteiger partial charge in [-0.1, -0.05) is 47.5 Å². The molecule has 16 nitrogen and oxygen atoms in total. The minimum atomic E-state index is -1.37. The molecule has 2 fully saturated rings. The molecule has 2 saturated carbocycles. The van der Waals surface area contributed by atoms with Gasteiger partial charge >= 0.3 is 11.9 Å². The number of para-hydroxylation sites is 2. The highest BCUT2D eigenvalue weighted by atomic mass is 35.5. The van der Waals surface area contributed by atoms with E-state index in [9.17, 15) is 24.3 Å². The molecule has 4 heterocycles. The number of imidazole rings is 2. The van der Waals surface area contributed by atoms with Gasteiger partial charge in [0.05, 0.1) is 76.1 Å². The highest BCUT2D eigenvalue weighted by Crippen LogP contribution is 2.35. The fraction of sp³-hybridized carbons (Fsp3) is 0.273. The number of aromatic amines is 2. The van der Waals surface area contributed by atoms with E-state index in [1.54, 1.807) is 72.3 Å². The van der Waals surface area contributed by atoms with E-state index in [0.717, 1.165) is 11.0 Å². The fourth-order valence-electron chi connectivity index (χ4n) is 6.96. The van der Waals surface area contributed by atoms with Crippen LogP contribution in [0.25, 0.3) is 43.9 Å². The highest BCUT2D eigenvalue weighted by molar-refractivity contribution is 6.33. The number of benzene rings is 4. The number of carbonyl (C=O) groups is 2. The smallest absolute Gasteiger partial charge is 0.362 e. The number of aromatic carboxylic acids is 1. The lowest BCUT2D eigenvalue weighted by Gasteiger charge is -2.10. The number of H-pyrrole nitrogens is 2. The molecule has 0 aliphatic heterocycles. The highest BCUT2D eigenvalue weighted by Gasteiger charge is 2.24. The van der Waals surface area contributed by atoms with Crippen molar-refractivity contribution in [3.05, 3.63) is 126 Å². The van der Waals surface area contributed by atoms with Gasteiger partial charge in [0.2, 0.25) is 22.2 Å². The van der Waals surface area contributed by atoms with Gasteiger partial charge in [0.1, 0.15) is 23.1 Å². The van der Waals surface area contributed by atoms with Crippen LogP contribution in [0.4, 0.5) is 0 Å². The number of nitrogens with zero attached hydrogens (tertiary/aromatic N) is 6. The van der Waals surface area contributed by atoms with Crippen LogP contribution in [-0.2, 0) is 17.8 Å². The van der Waals surface area contributed by atoms with Gasteiger partial charge in [-0.2, -0.15) is 10.2 Å². The van der Waals surface area contributed by atoms with Crippen LogP contribution in [0.5, 0.6) is 11.5 Å². The first-order chi connectivity index (χ1) is 30.0. The van der Waals surface area contributed by atoms with Gasteiger partial charge in [-0.25, -0.2) is 19.6 Å². The van der Waals surface area contributed by atoms with Gasteiger partial charge in [0.15, 0.2) is 0 Å². The SMILES string of the molecule is CCOC(=O)c1nn(Cc2nc3cc(OCC4CC4)c(Cl)cc3[nH]2)c2ccccc2c1=O.O=C(O)c1nn(Cc2nc3cc(OCC4CC4)c(Cl)cc3[nH]2)c2ccccc2c1=O. The van der Waals surface area contributed by atoms with E-state index in [4.69, 9.17) is 37.4 Å². The zero-order valence-electron chi connectivity index (χ0n) is 33.2. The number of halogens is 2. The number of carbonyl (C=O) groups excluding carboxylic acids is 1. The third kappa shape index (κ3) is 8.56. The molecule has 0 saturated heterocycles. The molecule has 10 rings (SSSR count). The summed E-state index contributed by atoms with van der Waals surface area (Å²) in [6.07, 6.45) is 4.76. The Balaban J connectivity index is 0.000000158. The molecule has 0 bridgehead atoms. The van der Waals surface area contributed by atoms with Gasteiger partial charge in [-0.3, -0.25) is 19.0 Å². The summed E-state index contributed by atoms with van der Waals surface area (Å²) in [6, 6.07) is 20.9. The molecule has 3 N–H and O–H groups in total. The molecule has 62 heavy (non-hydrogen) atoms. The molecule has 0 spiro atoms. The van der Waals surface area contributed by atoms with Crippen molar-refractivity contribution in [3.63, 3.8) is 0 Å². The molecule has 316 valence electrons. The standard InChI is InChI=1S/C23H21ClN4O4.C21H17ClN4O4/c1-2-31-23(30)21-22(29)14-5-3-4-6-18(14)28(27-21)11-20-25-16-9-15(24)19(10-17(16)26-20)32-12-13-7-8-13;22-13-7-14-15(8-17(13)30-10-11-5-6-11)24-18(23-14)9-26-16-4-2-1-3-12(16)20(27)19(25-26)21(28)29/h3-6,9-10,13H,2,7-8,11-12H2,1H3,(H,25,26);1-4,7-8,11H,5-6,9-10H2,(H,23,24)(H,28,29). The second-order valence-corrected chi connectivity index (χ2v) is 16.0. The number of hydrogen-bond donors (Lipinski definition) is 3. The number of fused-ring (bicyclic) bond motifs is 4. The second kappa shape index (κ2) is 16.9. The number of rotatable bonds is 13. The van der Waals surface area contributed by atoms with Gasteiger partial charge in [-0.05, 0) is 80.8 Å². The number of aromatic nitrogens is 8. The number of esters is 1. The molecule has 0 atom stereocenters. The van der Waals surface area contributed by atoms with Crippen molar-refractivity contribution in [1.29, 1.82) is 0 Å². The van der Waals surface area contributed by atoms with Crippen LogP contribution < -0.4 is 20.3 Å². The zero-order chi connectivity index (χ0) is 43.1. The molecule has 2 aliphatic carbocycles. The van der Waals surface area contributed by atoms with Crippen LogP contribution in [-0.4, -0.2) is 76.4 Å². The minimum absolute atomic E-state index is 0.155. The molecular formula is C44H38Cl2N8O8. The first-order valence-corrected chi connectivity index (χ1v) is 20.8. The first kappa shape index (κ1) is 40.6. The Morgan fingerprint density at radius 2 is 1.16 bits per heavy atom. The lowest BCUT2D eigenvalue weighted by Crippen LogP contribution is -2.25. The monoisotopic (exact) mass is 876 g/mol. The largest absolute Gasteiger partial charge is 0.492 e. The van der Waals surface area contributed by atoms with Crippen molar-refractivity contribution in [2.24, 2.45) is 11.8 Å². The van der Waals surface area contributed by atoms with Crippen molar-refractivity contribution in [2.75, 3.05) is 19.8 Å². The van der Waals surface area contributed by atoms with E-state index in [1.807, 2.05) is 12.1 Å². The number of carboxylic acids is 1. The van der Waals surface area contributed by atoms with Crippen molar-refractivity contribution >= 4 is 79.0 Å². The molecule has 0 radical (unpaired) electrons. The molecule has 8 aromatic rings. The Morgan fingerprint density at radius 3 is 1.61 bits per heavy atom. The van der Waals surface area contributed by atoms with Gasteiger partial charge < -0.3 is 29.3 Å². The predicted octanol–water partition coefficient (Wildman–Crippen LogP) is 7.40. The summed E-state index contributed by atoms with van der Waals surface area (Å²) < 4.78 is 19.7. The summed E-state index contributed by atoms with van der Waals surface area (Å²) >= 11 is 12.7. The maximum absolute atomic E-state index is 12.8. The van der Waals surface area contributed by atoms with Crippen molar-refractivity contribution in [3.8, 4) is 11.5 Å². The van der Waals surface area contributed by atoms with Crippen LogP contribution >= 0.6 is 23.2 Å². The molecule has 0 amide bonds. The Hall–Kier alpha value is -6.78. The van der Waals surface area contributed by atoms with Crippen LogP contribution in [0.1, 0.15) is 65.2 Å². The maximum atomic E-state index is 12.8. The summed E-state index contributed by atoms with van der Waals surface area (Å²) in [5.41, 5.74) is 2.18. The molecule has 4 aromatic carbocycles. The predicted molar refractivity (Wildman–Crippen MR) is 232 cm³/mol. The summed E-state index contributed by atoms with van der Waals surface area (Å²) in [6.45, 7) is 3.52. The third-order valence-corrected chi connectivity index (χ3v) is 11.1. The van der Waals surface area contributed by atoms with E-state index in [-0.39, 0.29) is 25.4 Å². The summed E-state index contributed by atoms with van der Waals surface area (Å²) in [5, 5.41) is 19.4. The van der Waals surface area contributed by atoms with E-state index in [1.165, 1.54) is 30.4 Å². The summed E-state index contributed by atoms with van der Waals surface area (Å²) in [7, 11) is 0. The van der Waals surface area contributed by atoms with E-state index >= 15 is 0 Å². The van der Waals surface area contributed by atoms with Crippen molar-refractivity contribution < 1.29 is 28.9 Å². The van der Waals surface area contributed by atoms with Crippen LogP contribution in [0.15, 0.2) is 82.4 Å². The second-order valence-electron chi connectivity index (χ2n) is 15.2. The maximum Gasteiger partial charge on any atom is 0.362 e. The topological polar surface area (TPSA) is 209 Å². The van der Waals surface area contributed by atoms with Crippen molar-refractivity contribution in [1.82, 2.24) is 39.5 Å². The number of ether oxygens (including phenoxy) is 3. The lowest BCUT2D eigenvalue weighted by atomic mass is 10.2. The van der Waals surface area contributed by atoms with Gasteiger partial charge in [0, 0.05) is 22.9 Å². The molecule has 2 aliphatic rings. The van der Waals surface area contributed by atoms with E-state index in [2.05, 4.69) is 30.1 Å². The fourth-order valence-corrected chi connectivity index (χ4v) is 7.39. The number of carboxylic acid groups (broad SMARTS) is 1. The summed E-state index contributed by atoms with van der Waals surface area (Å²) in [5.74, 6) is 1.47. The Labute approximate surface area is 361 Å². The normalized spacial score (nSPS) is 13.7. The van der Waals surface area contributed by atoms with E-state index < -0.39 is 28.5 Å². The third-order valence-electron chi connectivity index (χ3n) is 10.5. The average Bonchev–Trinajstić information content (AvgIpc) is 4.20. The Bertz CT molecular complexity index is 3170. The number of hydrogen-bond acceptors (Lipinski definition) is 11. The van der Waals surface area contributed by atoms with Crippen LogP contribution in [0, 0.1) is 11.8 Å². The summed E-state index contributed by atoms with van der Waals surface area (Å²) in [4.78, 5) is 64.5. The van der Waals surface area contributed by atoms with Crippen LogP contribution in [0.3, 0.4) is 0 Å². The quantitative estimate of drug-likeness (QED) is 0.0968. The lowest BCUT2D eigenvalue weighted by molar-refractivity contribution is 0.0514. The van der Waals surface area contributed by atoms with Gasteiger partial charge in [0.25, 0.3) is 0 Å². The van der Waals surface area contributed by atoms with Crippen molar-refractivity contribution in [2.45, 2.75) is 45.7 Å². The van der Waals surface area contributed by atoms with Gasteiger partial charge in [-0.15, -0.1) is 0 Å². The minimum Gasteiger partial charge on any atom is -0.492 e. The van der Waals surface area contributed by atoms with E-state index in [0.29, 0.717) is 91.1 Å². The zero-order valence-corrected chi connectivity index (χ0v) is 34.7. The molecule has 18 heteroatoms. The molecular weight excluding hydrogens is 839 g/mol. The average molecular weight is 878 g/mol. The van der Waals surface area contributed by atoms with Crippen LogP contribution in [0.2, 0.25) is 10.0 Å². The number of nitrogens with one attached hydrogen (secondary N) is 2. The Morgan fingerprint density at radius 1 is 0.710 bits per heavy atom. The Kier molecular flexibility index (Phi) is 11.1.